The third-order valence-electron chi connectivity index (χ3n) is 3.59. The monoisotopic (exact) mass is 348 g/mol. The fourth-order valence-corrected chi connectivity index (χ4v) is 2.92. The van der Waals surface area contributed by atoms with Crippen molar-refractivity contribution in [2.75, 3.05) is 18.2 Å². The Balaban J connectivity index is 2.32. The van der Waals surface area contributed by atoms with Crippen LogP contribution >= 0.6 is 11.8 Å². The van der Waals surface area contributed by atoms with E-state index in [1.54, 1.807) is 23.9 Å². The van der Waals surface area contributed by atoms with Crippen LogP contribution < -0.4 is 5.32 Å². The number of benzene rings is 1. The molecule has 1 heterocycles. The molecule has 128 valence electrons. The summed E-state index contributed by atoms with van der Waals surface area (Å²) >= 11 is 1.58. The van der Waals surface area contributed by atoms with Gasteiger partial charge in [0.1, 0.15) is 5.82 Å². The Morgan fingerprint density at radius 3 is 2.75 bits per heavy atom. The van der Waals surface area contributed by atoms with Crippen LogP contribution in [-0.2, 0) is 0 Å². The molecule has 8 heteroatoms. The van der Waals surface area contributed by atoms with E-state index in [0.29, 0.717) is 17.2 Å². The van der Waals surface area contributed by atoms with E-state index in [9.17, 15) is 15.2 Å². The van der Waals surface area contributed by atoms with Gasteiger partial charge in [-0.15, -0.1) is 0 Å². The van der Waals surface area contributed by atoms with Gasteiger partial charge in [0, 0.05) is 40.7 Å². The highest BCUT2D eigenvalue weighted by molar-refractivity contribution is 7.99. The minimum absolute atomic E-state index is 0.00297. The maximum absolute atomic E-state index is 10.9. The molecule has 0 saturated carbocycles. The summed E-state index contributed by atoms with van der Waals surface area (Å²) in [5, 5.41) is 23.6. The van der Waals surface area contributed by atoms with Gasteiger partial charge in [-0.2, -0.15) is 11.8 Å². The van der Waals surface area contributed by atoms with Gasteiger partial charge in [-0.3, -0.25) is 10.1 Å². The second-order valence-electron chi connectivity index (χ2n) is 5.42. The van der Waals surface area contributed by atoms with Crippen molar-refractivity contribution in [3.05, 3.63) is 46.1 Å². The lowest BCUT2D eigenvalue weighted by atomic mass is 10.2. The predicted octanol–water partition coefficient (Wildman–Crippen LogP) is 2.88. The summed E-state index contributed by atoms with van der Waals surface area (Å²) in [6.07, 6.45) is 1.94. The Bertz CT molecular complexity index is 722. The number of aliphatic hydroxyl groups is 1. The lowest BCUT2D eigenvalue weighted by molar-refractivity contribution is -0.384. The van der Waals surface area contributed by atoms with E-state index in [2.05, 4.69) is 15.3 Å². The van der Waals surface area contributed by atoms with Gasteiger partial charge in [-0.1, -0.05) is 12.1 Å². The molecule has 0 fully saturated rings. The van der Waals surface area contributed by atoms with Crippen LogP contribution in [0.2, 0.25) is 0 Å². The van der Waals surface area contributed by atoms with Gasteiger partial charge in [-0.05, 0) is 20.1 Å². The van der Waals surface area contributed by atoms with Crippen molar-refractivity contribution in [2.24, 2.45) is 0 Å². The second-order valence-corrected chi connectivity index (χ2v) is 6.49. The summed E-state index contributed by atoms with van der Waals surface area (Å²) in [7, 11) is 0. The number of nitro benzene ring substituents is 1. The van der Waals surface area contributed by atoms with Crippen molar-refractivity contribution >= 4 is 23.3 Å². The molecule has 0 spiro atoms. The van der Waals surface area contributed by atoms with Crippen molar-refractivity contribution in [2.45, 2.75) is 25.1 Å². The molecule has 1 aromatic heterocycles. The number of nitrogens with one attached hydrogen (secondary N) is 1. The minimum Gasteiger partial charge on any atom is -0.395 e. The molecular weight excluding hydrogens is 328 g/mol. The SMILES string of the molecule is CSC(CO)C(C)Nc1cc(C)nc(-c2cccc([N+](=O)[O-])c2)n1. The first kappa shape index (κ1) is 18.2. The molecule has 2 rings (SSSR count). The largest absolute Gasteiger partial charge is 0.395 e. The van der Waals surface area contributed by atoms with E-state index in [0.717, 1.165) is 5.69 Å². The summed E-state index contributed by atoms with van der Waals surface area (Å²) in [5.41, 5.74) is 1.35. The number of hydrogen-bond acceptors (Lipinski definition) is 7. The van der Waals surface area contributed by atoms with Crippen LogP contribution in [0.25, 0.3) is 11.4 Å². The van der Waals surface area contributed by atoms with Gasteiger partial charge in [0.15, 0.2) is 5.82 Å². The number of anilines is 1. The predicted molar refractivity (Wildman–Crippen MR) is 96.3 cm³/mol. The van der Waals surface area contributed by atoms with Crippen LogP contribution in [0.15, 0.2) is 30.3 Å². The number of nitro groups is 1. The molecule has 2 atom stereocenters. The van der Waals surface area contributed by atoms with Gasteiger partial charge < -0.3 is 10.4 Å². The lowest BCUT2D eigenvalue weighted by Crippen LogP contribution is -2.31. The Morgan fingerprint density at radius 1 is 1.38 bits per heavy atom. The lowest BCUT2D eigenvalue weighted by Gasteiger charge is -2.22. The number of aliphatic hydroxyl groups excluding tert-OH is 1. The number of aromatic nitrogens is 2. The van der Waals surface area contributed by atoms with E-state index < -0.39 is 4.92 Å². The molecule has 0 aliphatic carbocycles. The first-order chi connectivity index (χ1) is 11.4. The molecule has 0 radical (unpaired) electrons. The first-order valence-electron chi connectivity index (χ1n) is 7.45. The van der Waals surface area contributed by atoms with Crippen molar-refractivity contribution < 1.29 is 10.0 Å². The van der Waals surface area contributed by atoms with Crippen molar-refractivity contribution in [3.63, 3.8) is 0 Å². The van der Waals surface area contributed by atoms with Gasteiger partial charge in [-0.25, -0.2) is 9.97 Å². The number of non-ortho nitro benzene ring substituents is 1. The smallest absolute Gasteiger partial charge is 0.270 e. The zero-order valence-corrected chi connectivity index (χ0v) is 14.6. The van der Waals surface area contributed by atoms with Crippen molar-refractivity contribution in [3.8, 4) is 11.4 Å². The molecule has 0 amide bonds. The summed E-state index contributed by atoms with van der Waals surface area (Å²) in [4.78, 5) is 19.3. The van der Waals surface area contributed by atoms with E-state index in [-0.39, 0.29) is 23.6 Å². The molecular formula is C16H20N4O3S. The van der Waals surface area contributed by atoms with Gasteiger partial charge in [0.25, 0.3) is 5.69 Å². The average Bonchev–Trinajstić information content (AvgIpc) is 2.55. The molecule has 24 heavy (non-hydrogen) atoms. The maximum Gasteiger partial charge on any atom is 0.270 e. The van der Waals surface area contributed by atoms with Crippen LogP contribution in [0.5, 0.6) is 0 Å². The highest BCUT2D eigenvalue weighted by Crippen LogP contribution is 2.23. The average molecular weight is 348 g/mol. The highest BCUT2D eigenvalue weighted by Gasteiger charge is 2.16. The molecule has 2 aromatic rings. The van der Waals surface area contributed by atoms with E-state index >= 15 is 0 Å². The van der Waals surface area contributed by atoms with Crippen LogP contribution in [0.3, 0.4) is 0 Å². The Hall–Kier alpha value is -2.19. The Morgan fingerprint density at radius 2 is 2.12 bits per heavy atom. The van der Waals surface area contributed by atoms with E-state index in [1.807, 2.05) is 26.2 Å². The molecule has 0 saturated heterocycles. The van der Waals surface area contributed by atoms with Crippen LogP contribution in [-0.4, -0.2) is 44.2 Å². The van der Waals surface area contributed by atoms with Crippen LogP contribution in [0.4, 0.5) is 11.5 Å². The van der Waals surface area contributed by atoms with Crippen LogP contribution in [0.1, 0.15) is 12.6 Å². The molecule has 2 N–H and O–H groups in total. The number of aryl methyl sites for hydroxylation is 1. The Labute approximate surface area is 144 Å². The fourth-order valence-electron chi connectivity index (χ4n) is 2.29. The third-order valence-corrected chi connectivity index (χ3v) is 4.75. The standard InChI is InChI=1S/C16H20N4O3S/c1-10-7-15(18-11(2)14(9-21)24-3)19-16(17-10)12-5-4-6-13(8-12)20(22)23/h4-8,11,14,21H,9H2,1-3H3,(H,17,18,19). The number of thioether (sulfide) groups is 1. The van der Waals surface area contributed by atoms with E-state index in [1.165, 1.54) is 12.1 Å². The Kier molecular flexibility index (Phi) is 6.10. The normalized spacial score (nSPS) is 13.3. The zero-order valence-electron chi connectivity index (χ0n) is 13.8. The highest BCUT2D eigenvalue weighted by atomic mass is 32.2. The summed E-state index contributed by atoms with van der Waals surface area (Å²) in [5.74, 6) is 1.06. The maximum atomic E-state index is 10.9. The van der Waals surface area contributed by atoms with Crippen molar-refractivity contribution in [1.82, 2.24) is 9.97 Å². The van der Waals surface area contributed by atoms with Gasteiger partial charge in [0.2, 0.25) is 0 Å². The van der Waals surface area contributed by atoms with E-state index in [4.69, 9.17) is 0 Å². The molecule has 0 aliphatic heterocycles. The molecule has 7 nitrogen and oxygen atoms in total. The first-order valence-corrected chi connectivity index (χ1v) is 8.74. The second kappa shape index (κ2) is 8.07. The number of nitrogens with zero attached hydrogens (tertiary/aromatic N) is 3. The molecule has 1 aromatic carbocycles. The quantitative estimate of drug-likeness (QED) is 0.586. The van der Waals surface area contributed by atoms with Crippen molar-refractivity contribution in [1.29, 1.82) is 0 Å². The zero-order chi connectivity index (χ0) is 17.7. The van der Waals surface area contributed by atoms with Crippen LogP contribution in [0, 0.1) is 17.0 Å². The molecule has 0 aliphatic rings. The van der Waals surface area contributed by atoms with Gasteiger partial charge in [0.05, 0.1) is 11.5 Å². The fraction of sp³-hybridized carbons (Fsp3) is 0.375. The third kappa shape index (κ3) is 4.42. The summed E-state index contributed by atoms with van der Waals surface area (Å²) in [6, 6.07) is 8.08. The minimum atomic E-state index is -0.440. The summed E-state index contributed by atoms with van der Waals surface area (Å²) in [6.45, 7) is 3.88. The molecule has 0 bridgehead atoms. The summed E-state index contributed by atoms with van der Waals surface area (Å²) < 4.78 is 0. The number of rotatable bonds is 7. The topological polar surface area (TPSA) is 101 Å². The van der Waals surface area contributed by atoms with Gasteiger partial charge >= 0.3 is 0 Å². The number of hydrogen-bond donors (Lipinski definition) is 2. The molecule has 2 unspecified atom stereocenters.